The van der Waals surface area contributed by atoms with Gasteiger partial charge in [0.1, 0.15) is 6.33 Å². The molecule has 2 aromatic rings. The number of alkyl halides is 8. The lowest BCUT2D eigenvalue weighted by Gasteiger charge is -2.31. The fourth-order valence-electron chi connectivity index (χ4n) is 2.95. The van der Waals surface area contributed by atoms with Gasteiger partial charge in [-0.1, -0.05) is 0 Å². The highest BCUT2D eigenvalue weighted by Gasteiger charge is 2.37. The molecule has 1 fully saturated rings. The van der Waals surface area contributed by atoms with Gasteiger partial charge in [0.15, 0.2) is 5.82 Å². The van der Waals surface area contributed by atoms with Crippen LogP contribution in [0.15, 0.2) is 36.8 Å². The van der Waals surface area contributed by atoms with Crippen LogP contribution < -0.4 is 0 Å². The van der Waals surface area contributed by atoms with Gasteiger partial charge in [0, 0.05) is 30.8 Å². The number of hydrogen-bond acceptors (Lipinski definition) is 4. The SMILES string of the molecule is O=C(/C=C\N1CCCC(F)(F)C1)n1cnc(-c2cc(C(F)(F)F)cc(C(F)(F)F)c2)n1. The van der Waals surface area contributed by atoms with Gasteiger partial charge in [-0.05, 0) is 24.6 Å². The highest BCUT2D eigenvalue weighted by molar-refractivity contribution is 5.89. The van der Waals surface area contributed by atoms with Gasteiger partial charge >= 0.3 is 12.4 Å². The second-order valence-electron chi connectivity index (χ2n) is 6.89. The van der Waals surface area contributed by atoms with Gasteiger partial charge in [-0.3, -0.25) is 4.79 Å². The molecule has 0 radical (unpaired) electrons. The van der Waals surface area contributed by atoms with Gasteiger partial charge < -0.3 is 4.90 Å². The second kappa shape index (κ2) is 7.93. The minimum absolute atomic E-state index is 0.0389. The van der Waals surface area contributed by atoms with Crippen molar-refractivity contribution in [1.82, 2.24) is 19.7 Å². The zero-order valence-electron chi connectivity index (χ0n) is 15.5. The van der Waals surface area contributed by atoms with Crippen LogP contribution in [0.5, 0.6) is 0 Å². The van der Waals surface area contributed by atoms with E-state index in [2.05, 4.69) is 10.1 Å². The van der Waals surface area contributed by atoms with Gasteiger partial charge in [0.25, 0.3) is 11.8 Å². The predicted octanol–water partition coefficient (Wildman–Crippen LogP) is 4.87. The quantitative estimate of drug-likeness (QED) is 0.491. The Bertz CT molecular complexity index is 961. The highest BCUT2D eigenvalue weighted by atomic mass is 19.4. The van der Waals surface area contributed by atoms with Crippen LogP contribution in [0, 0.1) is 0 Å². The summed E-state index contributed by atoms with van der Waals surface area (Å²) in [6, 6.07) is 0.832. The molecule has 0 unspecified atom stereocenters. The van der Waals surface area contributed by atoms with Crippen molar-refractivity contribution in [2.45, 2.75) is 31.1 Å². The normalized spacial score (nSPS) is 17.4. The molecule has 2 heterocycles. The topological polar surface area (TPSA) is 51.0 Å². The lowest BCUT2D eigenvalue weighted by atomic mass is 10.0. The maximum atomic E-state index is 13.4. The smallest absolute Gasteiger partial charge is 0.371 e. The lowest BCUT2D eigenvalue weighted by molar-refractivity contribution is -0.143. The van der Waals surface area contributed by atoms with E-state index in [1.54, 1.807) is 0 Å². The molecule has 0 saturated carbocycles. The Morgan fingerprint density at radius 3 is 2.19 bits per heavy atom. The van der Waals surface area contributed by atoms with Crippen molar-refractivity contribution in [3.63, 3.8) is 0 Å². The van der Waals surface area contributed by atoms with E-state index in [1.807, 2.05) is 0 Å². The molecule has 0 amide bonds. The number of nitrogens with zero attached hydrogens (tertiary/aromatic N) is 4. The molecular weight excluding hydrogens is 440 g/mol. The van der Waals surface area contributed by atoms with Crippen LogP contribution in [0.25, 0.3) is 11.4 Å². The van der Waals surface area contributed by atoms with Gasteiger partial charge in [-0.25, -0.2) is 13.8 Å². The molecule has 13 heteroatoms. The van der Waals surface area contributed by atoms with Crippen LogP contribution in [0.4, 0.5) is 35.1 Å². The van der Waals surface area contributed by atoms with E-state index in [9.17, 15) is 39.9 Å². The third kappa shape index (κ3) is 5.58. The van der Waals surface area contributed by atoms with E-state index in [4.69, 9.17) is 0 Å². The minimum Gasteiger partial charge on any atom is -0.371 e. The molecule has 0 aliphatic carbocycles. The van der Waals surface area contributed by atoms with Crippen molar-refractivity contribution in [2.24, 2.45) is 0 Å². The predicted molar refractivity (Wildman–Crippen MR) is 91.0 cm³/mol. The van der Waals surface area contributed by atoms with Crippen molar-refractivity contribution < 1.29 is 39.9 Å². The van der Waals surface area contributed by atoms with Crippen LogP contribution >= 0.6 is 0 Å². The van der Waals surface area contributed by atoms with Gasteiger partial charge in [-0.15, -0.1) is 5.10 Å². The molecule has 0 spiro atoms. The fourth-order valence-corrected chi connectivity index (χ4v) is 2.95. The average molecular weight is 454 g/mol. The summed E-state index contributed by atoms with van der Waals surface area (Å²) in [4.78, 5) is 17.0. The summed E-state index contributed by atoms with van der Waals surface area (Å²) < 4.78 is 105. The molecule has 168 valence electrons. The van der Waals surface area contributed by atoms with Crippen molar-refractivity contribution >= 4 is 5.91 Å². The van der Waals surface area contributed by atoms with E-state index >= 15 is 0 Å². The molecule has 0 atom stereocenters. The van der Waals surface area contributed by atoms with Gasteiger partial charge in [-0.2, -0.15) is 31.0 Å². The first-order valence-electron chi connectivity index (χ1n) is 8.81. The number of rotatable bonds is 3. The summed E-state index contributed by atoms with van der Waals surface area (Å²) in [6.07, 6.45) is -7.30. The Morgan fingerprint density at radius 1 is 1.03 bits per heavy atom. The van der Waals surface area contributed by atoms with Crippen LogP contribution in [0.2, 0.25) is 0 Å². The monoisotopic (exact) mass is 454 g/mol. The number of carbonyl (C=O) groups is 1. The molecule has 1 aliphatic rings. The summed E-state index contributed by atoms with van der Waals surface area (Å²) in [7, 11) is 0. The molecule has 1 saturated heterocycles. The van der Waals surface area contributed by atoms with Crippen molar-refractivity contribution in [3.05, 3.63) is 47.9 Å². The Balaban J connectivity index is 1.84. The van der Waals surface area contributed by atoms with Crippen molar-refractivity contribution in [1.29, 1.82) is 0 Å². The molecule has 0 N–H and O–H groups in total. The second-order valence-corrected chi connectivity index (χ2v) is 6.89. The average Bonchev–Trinajstić information content (AvgIpc) is 3.14. The number of hydrogen-bond donors (Lipinski definition) is 0. The Kier molecular flexibility index (Phi) is 5.80. The standard InChI is InChI=1S/C18H14F8N4O/c19-16(20)3-1-4-29(9-16)5-2-14(31)30-10-27-15(28-30)11-6-12(17(21,22)23)8-13(7-11)18(24,25)26/h2,5-8,10H,1,3-4,9H2/b5-2-. The third-order valence-corrected chi connectivity index (χ3v) is 4.41. The van der Waals surface area contributed by atoms with Crippen LogP contribution in [0.3, 0.4) is 0 Å². The maximum Gasteiger partial charge on any atom is 0.416 e. The van der Waals surface area contributed by atoms with Crippen LogP contribution in [-0.4, -0.2) is 44.6 Å². The summed E-state index contributed by atoms with van der Waals surface area (Å²) in [5.41, 5.74) is -3.69. The first-order chi connectivity index (χ1) is 14.2. The highest BCUT2D eigenvalue weighted by Crippen LogP contribution is 2.38. The largest absolute Gasteiger partial charge is 0.416 e. The third-order valence-electron chi connectivity index (χ3n) is 4.41. The molecule has 5 nitrogen and oxygen atoms in total. The van der Waals surface area contributed by atoms with E-state index in [1.165, 1.54) is 4.90 Å². The number of benzene rings is 1. The van der Waals surface area contributed by atoms with E-state index in [-0.39, 0.29) is 18.9 Å². The van der Waals surface area contributed by atoms with Crippen molar-refractivity contribution in [2.75, 3.05) is 13.1 Å². The number of allylic oxidation sites excluding steroid dienone is 1. The van der Waals surface area contributed by atoms with Crippen LogP contribution in [-0.2, 0) is 12.4 Å². The number of likely N-dealkylation sites (tertiary alicyclic amines) is 1. The zero-order valence-corrected chi connectivity index (χ0v) is 15.5. The number of carbonyl (C=O) groups excluding carboxylic acids is 1. The lowest BCUT2D eigenvalue weighted by Crippen LogP contribution is -2.39. The first-order valence-corrected chi connectivity index (χ1v) is 8.81. The molecular formula is C18H14F8N4O. The van der Waals surface area contributed by atoms with Crippen LogP contribution in [0.1, 0.15) is 28.8 Å². The maximum absolute atomic E-state index is 13.4. The number of piperidine rings is 1. The Hall–Kier alpha value is -2.99. The molecule has 0 bridgehead atoms. The van der Waals surface area contributed by atoms with E-state index in [0.29, 0.717) is 23.4 Å². The minimum atomic E-state index is -5.05. The number of aromatic nitrogens is 3. The molecule has 3 rings (SSSR count). The number of halogens is 8. The van der Waals surface area contributed by atoms with Crippen molar-refractivity contribution in [3.8, 4) is 11.4 Å². The zero-order chi connectivity index (χ0) is 23.0. The summed E-state index contributed by atoms with van der Waals surface area (Å²) in [5.74, 6) is -4.30. The molecule has 31 heavy (non-hydrogen) atoms. The van der Waals surface area contributed by atoms with Gasteiger partial charge in [0.2, 0.25) is 0 Å². The molecule has 1 aliphatic heterocycles. The Morgan fingerprint density at radius 2 is 1.65 bits per heavy atom. The molecule has 1 aromatic carbocycles. The van der Waals surface area contributed by atoms with Gasteiger partial charge in [0.05, 0.1) is 17.7 Å². The van der Waals surface area contributed by atoms with E-state index in [0.717, 1.165) is 18.6 Å². The molecule has 1 aromatic heterocycles. The summed E-state index contributed by atoms with van der Waals surface area (Å²) in [6.45, 7) is -0.281. The summed E-state index contributed by atoms with van der Waals surface area (Å²) in [5, 5.41) is 3.62. The van der Waals surface area contributed by atoms with E-state index < -0.39 is 53.2 Å². The summed E-state index contributed by atoms with van der Waals surface area (Å²) >= 11 is 0. The first kappa shape index (κ1) is 22.7. The fraction of sp³-hybridized carbons (Fsp3) is 0.389. The Labute approximate surface area is 170 Å².